The van der Waals surface area contributed by atoms with Crippen LogP contribution in [0.4, 0.5) is 5.69 Å². The highest BCUT2D eigenvalue weighted by Crippen LogP contribution is 2.26. The summed E-state index contributed by atoms with van der Waals surface area (Å²) in [6, 6.07) is 8.85. The zero-order chi connectivity index (χ0) is 17.3. The third kappa shape index (κ3) is 3.63. The zero-order valence-corrected chi connectivity index (χ0v) is 15.3. The van der Waals surface area contributed by atoms with Crippen LogP contribution in [-0.2, 0) is 4.79 Å². The fourth-order valence-corrected chi connectivity index (χ4v) is 4.02. The van der Waals surface area contributed by atoms with Gasteiger partial charge in [-0.1, -0.05) is 35.5 Å². The number of hydrogen-bond donors (Lipinski definition) is 2. The molecule has 0 saturated carbocycles. The number of carbonyl (C=O) groups excluding carboxylic acids is 1. The molecule has 1 unspecified atom stereocenters. The van der Waals surface area contributed by atoms with Crippen LogP contribution in [0.5, 0.6) is 0 Å². The molecule has 8 heteroatoms. The van der Waals surface area contributed by atoms with E-state index in [0.717, 1.165) is 4.88 Å². The standard InChI is InChI=1S/C16H14ClN3O2S2/c1-8-7-10-14(22)19-16(20-15(10)23-8)24-9(2)13(21)18-12-6-4-3-5-11(12)17/h3-7,9H,1-2H3,(H,18,21)(H,19,20,22). The second kappa shape index (κ2) is 6.96. The van der Waals surface area contributed by atoms with Crippen molar-refractivity contribution in [3.05, 3.63) is 50.6 Å². The molecule has 3 aromatic rings. The summed E-state index contributed by atoms with van der Waals surface area (Å²) in [5.41, 5.74) is 0.368. The van der Waals surface area contributed by atoms with Gasteiger partial charge >= 0.3 is 0 Å². The predicted octanol–water partition coefficient (Wildman–Crippen LogP) is 4.07. The molecule has 0 aliphatic heterocycles. The Morgan fingerprint density at radius 2 is 2.17 bits per heavy atom. The van der Waals surface area contributed by atoms with Crippen molar-refractivity contribution in [2.75, 3.05) is 5.32 Å². The minimum absolute atomic E-state index is 0.189. The van der Waals surface area contributed by atoms with Gasteiger partial charge in [-0.15, -0.1) is 11.3 Å². The van der Waals surface area contributed by atoms with E-state index in [2.05, 4.69) is 15.3 Å². The minimum Gasteiger partial charge on any atom is -0.324 e. The molecule has 2 heterocycles. The van der Waals surface area contributed by atoms with Crippen LogP contribution in [0.15, 0.2) is 40.3 Å². The SMILES string of the molecule is Cc1cc2c(=O)[nH]c(SC(C)C(=O)Nc3ccccc3Cl)nc2s1. The molecular weight excluding hydrogens is 366 g/mol. The van der Waals surface area contributed by atoms with Gasteiger partial charge in [0.2, 0.25) is 5.91 Å². The summed E-state index contributed by atoms with van der Waals surface area (Å²) >= 11 is 8.70. The molecule has 1 atom stereocenters. The van der Waals surface area contributed by atoms with Crippen molar-refractivity contribution < 1.29 is 4.79 Å². The van der Waals surface area contributed by atoms with Crippen molar-refractivity contribution in [1.29, 1.82) is 0 Å². The molecule has 0 radical (unpaired) electrons. The van der Waals surface area contributed by atoms with Gasteiger partial charge in [-0.05, 0) is 32.0 Å². The average Bonchev–Trinajstić information content (AvgIpc) is 2.90. The number of hydrogen-bond acceptors (Lipinski definition) is 5. The normalized spacial score (nSPS) is 12.3. The Hall–Kier alpha value is -1.83. The van der Waals surface area contributed by atoms with Gasteiger partial charge in [0.25, 0.3) is 5.56 Å². The van der Waals surface area contributed by atoms with Gasteiger partial charge in [-0.3, -0.25) is 9.59 Å². The molecule has 24 heavy (non-hydrogen) atoms. The Bertz CT molecular complexity index is 967. The van der Waals surface area contributed by atoms with E-state index < -0.39 is 5.25 Å². The number of benzene rings is 1. The number of para-hydroxylation sites is 1. The van der Waals surface area contributed by atoms with E-state index in [0.29, 0.717) is 26.1 Å². The van der Waals surface area contributed by atoms with Crippen molar-refractivity contribution in [3.63, 3.8) is 0 Å². The number of fused-ring (bicyclic) bond motifs is 1. The molecule has 1 aromatic carbocycles. The summed E-state index contributed by atoms with van der Waals surface area (Å²) in [7, 11) is 0. The average molecular weight is 380 g/mol. The summed E-state index contributed by atoms with van der Waals surface area (Å²) in [4.78, 5) is 33.2. The summed E-state index contributed by atoms with van der Waals surface area (Å²) in [6.07, 6.45) is 0. The first-order valence-corrected chi connectivity index (χ1v) is 9.24. The van der Waals surface area contributed by atoms with Gasteiger partial charge in [0, 0.05) is 4.88 Å². The molecule has 0 aliphatic carbocycles. The third-order valence-electron chi connectivity index (χ3n) is 3.29. The van der Waals surface area contributed by atoms with Crippen molar-refractivity contribution in [1.82, 2.24) is 9.97 Å². The number of aromatic amines is 1. The molecule has 2 N–H and O–H groups in total. The molecule has 124 valence electrons. The van der Waals surface area contributed by atoms with Crippen LogP contribution in [0, 0.1) is 6.92 Å². The van der Waals surface area contributed by atoms with E-state index in [-0.39, 0.29) is 11.5 Å². The number of carbonyl (C=O) groups is 1. The van der Waals surface area contributed by atoms with Gasteiger partial charge in [0.05, 0.1) is 21.3 Å². The number of amides is 1. The number of aryl methyl sites for hydroxylation is 1. The number of nitrogens with one attached hydrogen (secondary N) is 2. The second-order valence-electron chi connectivity index (χ2n) is 5.18. The maximum atomic E-state index is 12.3. The van der Waals surface area contributed by atoms with E-state index in [1.54, 1.807) is 31.2 Å². The molecule has 1 amide bonds. The quantitative estimate of drug-likeness (QED) is 0.529. The summed E-state index contributed by atoms with van der Waals surface area (Å²) in [6.45, 7) is 3.68. The summed E-state index contributed by atoms with van der Waals surface area (Å²) in [5.74, 6) is -0.210. The van der Waals surface area contributed by atoms with Crippen LogP contribution in [0.3, 0.4) is 0 Å². The van der Waals surface area contributed by atoms with Crippen LogP contribution < -0.4 is 10.9 Å². The first kappa shape index (κ1) is 17.0. The second-order valence-corrected chi connectivity index (χ2v) is 8.15. The number of halogens is 1. The Labute approximate surface area is 151 Å². The Morgan fingerprint density at radius 3 is 2.92 bits per heavy atom. The highest BCUT2D eigenvalue weighted by Gasteiger charge is 2.18. The van der Waals surface area contributed by atoms with Crippen molar-refractivity contribution >= 4 is 56.5 Å². The summed E-state index contributed by atoms with van der Waals surface area (Å²) in [5, 5.41) is 3.82. The largest absolute Gasteiger partial charge is 0.324 e. The zero-order valence-electron chi connectivity index (χ0n) is 12.9. The van der Waals surface area contributed by atoms with E-state index in [1.165, 1.54) is 23.1 Å². The molecule has 5 nitrogen and oxygen atoms in total. The van der Waals surface area contributed by atoms with E-state index in [1.807, 2.05) is 13.0 Å². The lowest BCUT2D eigenvalue weighted by Gasteiger charge is -2.12. The van der Waals surface area contributed by atoms with Crippen LogP contribution in [0.25, 0.3) is 10.2 Å². The van der Waals surface area contributed by atoms with E-state index >= 15 is 0 Å². The molecule has 0 spiro atoms. The molecule has 2 aromatic heterocycles. The lowest BCUT2D eigenvalue weighted by atomic mass is 10.3. The number of thiophene rings is 1. The molecule has 0 saturated heterocycles. The molecule has 3 rings (SSSR count). The van der Waals surface area contributed by atoms with E-state index in [4.69, 9.17) is 11.6 Å². The number of aromatic nitrogens is 2. The number of H-pyrrole nitrogens is 1. The van der Waals surface area contributed by atoms with E-state index in [9.17, 15) is 9.59 Å². The van der Waals surface area contributed by atoms with Crippen LogP contribution in [0.2, 0.25) is 5.02 Å². The van der Waals surface area contributed by atoms with Gasteiger partial charge in [0.15, 0.2) is 5.16 Å². The lowest BCUT2D eigenvalue weighted by Crippen LogP contribution is -2.23. The number of nitrogens with zero attached hydrogens (tertiary/aromatic N) is 1. The van der Waals surface area contributed by atoms with Crippen LogP contribution in [-0.4, -0.2) is 21.1 Å². The number of thioether (sulfide) groups is 1. The number of rotatable bonds is 4. The predicted molar refractivity (Wildman–Crippen MR) is 100 cm³/mol. The lowest BCUT2D eigenvalue weighted by molar-refractivity contribution is -0.115. The monoisotopic (exact) mass is 379 g/mol. The van der Waals surface area contributed by atoms with Crippen LogP contribution in [0.1, 0.15) is 11.8 Å². The van der Waals surface area contributed by atoms with Crippen molar-refractivity contribution in [2.45, 2.75) is 24.3 Å². The van der Waals surface area contributed by atoms with Gasteiger partial charge < -0.3 is 10.3 Å². The van der Waals surface area contributed by atoms with Gasteiger partial charge in [-0.25, -0.2) is 4.98 Å². The maximum Gasteiger partial charge on any atom is 0.260 e. The highest BCUT2D eigenvalue weighted by molar-refractivity contribution is 8.00. The Morgan fingerprint density at radius 1 is 1.42 bits per heavy atom. The molecule has 0 fully saturated rings. The van der Waals surface area contributed by atoms with Gasteiger partial charge in [-0.2, -0.15) is 0 Å². The van der Waals surface area contributed by atoms with Gasteiger partial charge in [0.1, 0.15) is 4.83 Å². The Balaban J connectivity index is 1.77. The first-order valence-electron chi connectivity index (χ1n) is 7.16. The maximum absolute atomic E-state index is 12.3. The third-order valence-corrected chi connectivity index (χ3v) is 5.55. The smallest absolute Gasteiger partial charge is 0.260 e. The van der Waals surface area contributed by atoms with Crippen molar-refractivity contribution in [3.8, 4) is 0 Å². The molecular formula is C16H14ClN3O2S2. The van der Waals surface area contributed by atoms with Crippen molar-refractivity contribution in [2.24, 2.45) is 0 Å². The topological polar surface area (TPSA) is 74.8 Å². The fraction of sp³-hybridized carbons (Fsp3) is 0.188. The fourth-order valence-electron chi connectivity index (χ4n) is 2.11. The number of anilines is 1. The minimum atomic E-state index is -0.442. The Kier molecular flexibility index (Phi) is 4.93. The first-order chi connectivity index (χ1) is 11.4. The molecule has 0 bridgehead atoms. The molecule has 0 aliphatic rings. The summed E-state index contributed by atoms with van der Waals surface area (Å²) < 4.78 is 0. The highest BCUT2D eigenvalue weighted by atomic mass is 35.5. The van der Waals surface area contributed by atoms with Crippen LogP contribution >= 0.6 is 34.7 Å².